The van der Waals surface area contributed by atoms with Gasteiger partial charge in [-0.2, -0.15) is 11.3 Å². The number of hydrogen-bond acceptors (Lipinski definition) is 3. The maximum absolute atomic E-state index is 11.8. The Bertz CT molecular complexity index is 357. The van der Waals surface area contributed by atoms with Crippen LogP contribution in [-0.2, 0) is 4.79 Å². The van der Waals surface area contributed by atoms with Gasteiger partial charge in [0, 0.05) is 12.0 Å². The van der Waals surface area contributed by atoms with E-state index in [-0.39, 0.29) is 17.5 Å². The van der Waals surface area contributed by atoms with Crippen molar-refractivity contribution in [3.05, 3.63) is 22.4 Å². The highest BCUT2D eigenvalue weighted by atomic mass is 32.1. The monoisotopic (exact) mass is 238 g/mol. The molecule has 16 heavy (non-hydrogen) atoms. The van der Waals surface area contributed by atoms with E-state index in [9.17, 15) is 4.79 Å². The molecular formula is C12H18N2OS. The molecule has 1 aromatic heterocycles. The lowest BCUT2D eigenvalue weighted by atomic mass is 9.75. The van der Waals surface area contributed by atoms with Gasteiger partial charge in [0.05, 0.1) is 6.04 Å². The summed E-state index contributed by atoms with van der Waals surface area (Å²) in [6.07, 6.45) is 3.58. The van der Waals surface area contributed by atoms with Crippen LogP contribution in [-0.4, -0.2) is 11.4 Å². The summed E-state index contributed by atoms with van der Waals surface area (Å²) in [5, 5.41) is 7.08. The maximum atomic E-state index is 11.8. The van der Waals surface area contributed by atoms with E-state index >= 15 is 0 Å². The molecule has 0 spiro atoms. The zero-order chi connectivity index (χ0) is 11.6. The van der Waals surface area contributed by atoms with Gasteiger partial charge in [-0.15, -0.1) is 0 Å². The molecule has 0 aromatic carbocycles. The lowest BCUT2D eigenvalue weighted by Crippen LogP contribution is -2.50. The van der Waals surface area contributed by atoms with E-state index in [2.05, 4.69) is 10.7 Å². The molecule has 88 valence electrons. The highest BCUT2D eigenvalue weighted by Gasteiger charge is 2.34. The van der Waals surface area contributed by atoms with Crippen molar-refractivity contribution in [3.8, 4) is 0 Å². The molecule has 1 saturated carbocycles. The second-order valence-corrected chi connectivity index (χ2v) is 5.52. The Morgan fingerprint density at radius 1 is 1.69 bits per heavy atom. The highest BCUT2D eigenvalue weighted by Crippen LogP contribution is 2.32. The molecule has 0 saturated heterocycles. The van der Waals surface area contributed by atoms with Gasteiger partial charge in [0.15, 0.2) is 0 Å². The smallest absolute Gasteiger partial charge is 0.222 e. The van der Waals surface area contributed by atoms with Crippen molar-refractivity contribution in [2.45, 2.75) is 44.2 Å². The van der Waals surface area contributed by atoms with Crippen LogP contribution < -0.4 is 11.1 Å². The van der Waals surface area contributed by atoms with Crippen molar-refractivity contribution in [3.63, 3.8) is 0 Å². The molecule has 1 fully saturated rings. The summed E-state index contributed by atoms with van der Waals surface area (Å²) in [4.78, 5) is 11.8. The topological polar surface area (TPSA) is 55.1 Å². The van der Waals surface area contributed by atoms with Crippen molar-refractivity contribution in [1.82, 2.24) is 5.32 Å². The van der Waals surface area contributed by atoms with Gasteiger partial charge in [0.2, 0.25) is 5.91 Å². The number of rotatable bonds is 4. The summed E-state index contributed by atoms with van der Waals surface area (Å²) in [5.41, 5.74) is 6.98. The van der Waals surface area contributed by atoms with Crippen LogP contribution in [0.25, 0.3) is 0 Å². The molecule has 4 heteroatoms. The zero-order valence-electron chi connectivity index (χ0n) is 9.53. The molecule has 1 aromatic rings. The Balaban J connectivity index is 1.83. The van der Waals surface area contributed by atoms with Crippen molar-refractivity contribution in [2.24, 2.45) is 5.73 Å². The molecule has 3 N–H and O–H groups in total. The van der Waals surface area contributed by atoms with E-state index in [4.69, 9.17) is 5.73 Å². The highest BCUT2D eigenvalue weighted by molar-refractivity contribution is 7.07. The minimum Gasteiger partial charge on any atom is -0.349 e. The molecule has 0 bridgehead atoms. The second kappa shape index (κ2) is 4.55. The van der Waals surface area contributed by atoms with Gasteiger partial charge in [-0.05, 0) is 48.6 Å². The van der Waals surface area contributed by atoms with Crippen molar-refractivity contribution < 1.29 is 4.79 Å². The first-order valence-electron chi connectivity index (χ1n) is 5.69. The molecule has 1 atom stereocenters. The van der Waals surface area contributed by atoms with E-state index in [1.54, 1.807) is 11.3 Å². The predicted octanol–water partition coefficient (Wildman–Crippen LogP) is 2.20. The van der Waals surface area contributed by atoms with Crippen LogP contribution >= 0.6 is 11.3 Å². The van der Waals surface area contributed by atoms with E-state index in [0.29, 0.717) is 6.42 Å². The molecule has 1 amide bonds. The molecule has 1 aliphatic rings. The first-order valence-corrected chi connectivity index (χ1v) is 6.64. The zero-order valence-corrected chi connectivity index (χ0v) is 10.3. The first-order chi connectivity index (χ1) is 7.59. The van der Waals surface area contributed by atoms with Crippen molar-refractivity contribution in [1.29, 1.82) is 0 Å². The summed E-state index contributed by atoms with van der Waals surface area (Å²) in [7, 11) is 0. The summed E-state index contributed by atoms with van der Waals surface area (Å²) in [6, 6.07) is 2.12. The minimum absolute atomic E-state index is 0.0703. The summed E-state index contributed by atoms with van der Waals surface area (Å²) in [5.74, 6) is 0.0703. The molecule has 1 aliphatic carbocycles. The van der Waals surface area contributed by atoms with Crippen LogP contribution in [0, 0.1) is 0 Å². The number of nitrogens with one attached hydrogen (secondary N) is 1. The van der Waals surface area contributed by atoms with Crippen molar-refractivity contribution in [2.75, 3.05) is 0 Å². The van der Waals surface area contributed by atoms with Gasteiger partial charge in [-0.1, -0.05) is 0 Å². The molecule has 1 heterocycles. The molecule has 0 aliphatic heterocycles. The van der Waals surface area contributed by atoms with Crippen LogP contribution in [0.3, 0.4) is 0 Å². The predicted molar refractivity (Wildman–Crippen MR) is 66.3 cm³/mol. The number of hydrogen-bond donors (Lipinski definition) is 2. The molecule has 2 rings (SSSR count). The third-order valence-electron chi connectivity index (χ3n) is 3.28. The standard InChI is InChI=1S/C12H18N2OS/c1-9(10-3-6-16-8-10)14-11(15)7-12(13)4-2-5-12/h3,6,8-9H,2,4-5,7,13H2,1H3,(H,14,15). The molecular weight excluding hydrogens is 220 g/mol. The van der Waals surface area contributed by atoms with Gasteiger partial charge >= 0.3 is 0 Å². The fourth-order valence-electron chi connectivity index (χ4n) is 2.02. The van der Waals surface area contributed by atoms with Crippen molar-refractivity contribution >= 4 is 17.2 Å². The second-order valence-electron chi connectivity index (χ2n) is 4.74. The Morgan fingerprint density at radius 3 is 2.94 bits per heavy atom. The van der Waals surface area contributed by atoms with Gasteiger partial charge in [0.1, 0.15) is 0 Å². The van der Waals surface area contributed by atoms with E-state index in [0.717, 1.165) is 24.8 Å². The Labute approximate surface area is 100 Å². The van der Waals surface area contributed by atoms with E-state index in [1.807, 2.05) is 18.4 Å². The van der Waals surface area contributed by atoms with Crippen LogP contribution in [0.1, 0.15) is 44.2 Å². The minimum atomic E-state index is -0.224. The first kappa shape index (κ1) is 11.6. The lowest BCUT2D eigenvalue weighted by molar-refractivity contribution is -0.123. The van der Waals surface area contributed by atoms with E-state index < -0.39 is 0 Å². The molecule has 3 nitrogen and oxygen atoms in total. The normalized spacial score (nSPS) is 19.9. The van der Waals surface area contributed by atoms with Gasteiger partial charge in [0.25, 0.3) is 0 Å². The number of thiophene rings is 1. The summed E-state index contributed by atoms with van der Waals surface area (Å²) in [6.45, 7) is 2.00. The fourth-order valence-corrected chi connectivity index (χ4v) is 2.78. The van der Waals surface area contributed by atoms with Gasteiger partial charge in [-0.25, -0.2) is 0 Å². The summed E-state index contributed by atoms with van der Waals surface area (Å²) >= 11 is 1.65. The number of carbonyl (C=O) groups is 1. The quantitative estimate of drug-likeness (QED) is 0.845. The van der Waals surface area contributed by atoms with Crippen LogP contribution in [0.2, 0.25) is 0 Å². The number of amides is 1. The lowest BCUT2D eigenvalue weighted by Gasteiger charge is -2.37. The van der Waals surface area contributed by atoms with Gasteiger partial charge in [-0.3, -0.25) is 4.79 Å². The van der Waals surface area contributed by atoms with E-state index in [1.165, 1.54) is 0 Å². The Kier molecular flexibility index (Phi) is 3.30. The average molecular weight is 238 g/mol. The Morgan fingerprint density at radius 2 is 2.44 bits per heavy atom. The van der Waals surface area contributed by atoms with Crippen LogP contribution in [0.4, 0.5) is 0 Å². The molecule has 0 radical (unpaired) electrons. The third kappa shape index (κ3) is 2.62. The third-order valence-corrected chi connectivity index (χ3v) is 3.98. The fraction of sp³-hybridized carbons (Fsp3) is 0.583. The maximum Gasteiger partial charge on any atom is 0.222 e. The SMILES string of the molecule is CC(NC(=O)CC1(N)CCC1)c1ccsc1. The largest absolute Gasteiger partial charge is 0.349 e. The van der Waals surface area contributed by atoms with Crippen LogP contribution in [0.15, 0.2) is 16.8 Å². The average Bonchev–Trinajstić information content (AvgIpc) is 2.67. The Hall–Kier alpha value is -0.870. The molecule has 1 unspecified atom stereocenters. The van der Waals surface area contributed by atoms with Crippen LogP contribution in [0.5, 0.6) is 0 Å². The van der Waals surface area contributed by atoms with Gasteiger partial charge < -0.3 is 11.1 Å². The summed E-state index contributed by atoms with van der Waals surface area (Å²) < 4.78 is 0. The number of nitrogens with two attached hydrogens (primary N) is 1. The number of carbonyl (C=O) groups excluding carboxylic acids is 1.